The first kappa shape index (κ1) is 14.4. The summed E-state index contributed by atoms with van der Waals surface area (Å²) in [6.07, 6.45) is -7.30. The van der Waals surface area contributed by atoms with Gasteiger partial charge >= 0.3 is 6.18 Å². The van der Waals surface area contributed by atoms with Crippen LogP contribution in [0.3, 0.4) is 0 Å². The summed E-state index contributed by atoms with van der Waals surface area (Å²) in [6, 6.07) is 2.44. The van der Waals surface area contributed by atoms with Gasteiger partial charge in [0.25, 0.3) is 6.43 Å². The van der Waals surface area contributed by atoms with E-state index in [0.29, 0.717) is 0 Å². The Morgan fingerprint density at radius 3 is 2.60 bits per heavy atom. The summed E-state index contributed by atoms with van der Waals surface area (Å²) in [4.78, 5) is 7.37. The van der Waals surface area contributed by atoms with Crippen molar-refractivity contribution in [3.05, 3.63) is 29.7 Å². The van der Waals surface area contributed by atoms with Crippen LogP contribution in [0.5, 0.6) is 0 Å². The molecule has 4 nitrogen and oxygen atoms in total. The van der Waals surface area contributed by atoms with E-state index < -0.39 is 24.6 Å². The maximum Gasteiger partial charge on any atom is 0.396 e. The summed E-state index contributed by atoms with van der Waals surface area (Å²) >= 11 is 0. The number of halogens is 5. The SMILES string of the molecule is Cn1nc(-c2ncccc2C(F)F)nc1CC(F)(F)F. The van der Waals surface area contributed by atoms with Crippen LogP contribution in [0.1, 0.15) is 17.8 Å². The van der Waals surface area contributed by atoms with E-state index in [-0.39, 0.29) is 17.3 Å². The van der Waals surface area contributed by atoms with Gasteiger partial charge in [0.05, 0.1) is 0 Å². The van der Waals surface area contributed by atoms with Crippen molar-refractivity contribution < 1.29 is 22.0 Å². The van der Waals surface area contributed by atoms with Crippen molar-refractivity contribution in [2.24, 2.45) is 7.05 Å². The molecule has 2 aromatic rings. The molecule has 0 N–H and O–H groups in total. The van der Waals surface area contributed by atoms with Gasteiger partial charge < -0.3 is 0 Å². The molecule has 2 heterocycles. The van der Waals surface area contributed by atoms with Crippen LogP contribution in [0.4, 0.5) is 22.0 Å². The van der Waals surface area contributed by atoms with Crippen LogP contribution in [-0.4, -0.2) is 25.9 Å². The predicted molar refractivity (Wildman–Crippen MR) is 59.0 cm³/mol. The molecule has 0 spiro atoms. The number of aryl methyl sites for hydroxylation is 1. The van der Waals surface area contributed by atoms with Crippen LogP contribution in [0.25, 0.3) is 11.5 Å². The molecular formula is C11H9F5N4. The quantitative estimate of drug-likeness (QED) is 0.817. The lowest BCUT2D eigenvalue weighted by Crippen LogP contribution is -2.15. The lowest BCUT2D eigenvalue weighted by atomic mass is 10.2. The third-order valence-corrected chi connectivity index (χ3v) is 2.50. The molecular weight excluding hydrogens is 283 g/mol. The van der Waals surface area contributed by atoms with Crippen molar-refractivity contribution >= 4 is 0 Å². The monoisotopic (exact) mass is 292 g/mol. The smallest absolute Gasteiger partial charge is 0.252 e. The van der Waals surface area contributed by atoms with Gasteiger partial charge in [0, 0.05) is 18.8 Å². The van der Waals surface area contributed by atoms with Crippen molar-refractivity contribution in [3.63, 3.8) is 0 Å². The number of pyridine rings is 1. The first-order valence-corrected chi connectivity index (χ1v) is 5.48. The molecule has 0 radical (unpaired) electrons. The Morgan fingerprint density at radius 2 is 2.00 bits per heavy atom. The van der Waals surface area contributed by atoms with Crippen LogP contribution >= 0.6 is 0 Å². The molecule has 9 heteroatoms. The van der Waals surface area contributed by atoms with Crippen LogP contribution in [0.15, 0.2) is 18.3 Å². The highest BCUT2D eigenvalue weighted by atomic mass is 19.4. The first-order valence-electron chi connectivity index (χ1n) is 5.48. The highest BCUT2D eigenvalue weighted by molar-refractivity contribution is 5.54. The van der Waals surface area contributed by atoms with Crippen LogP contribution in [0, 0.1) is 0 Å². The van der Waals surface area contributed by atoms with Crippen molar-refractivity contribution in [3.8, 4) is 11.5 Å². The number of alkyl halides is 5. The number of nitrogens with zero attached hydrogens (tertiary/aromatic N) is 4. The normalized spacial score (nSPS) is 12.2. The number of hydrogen-bond donors (Lipinski definition) is 0. The molecule has 0 aliphatic heterocycles. The molecule has 0 aliphatic rings. The van der Waals surface area contributed by atoms with Gasteiger partial charge in [-0.15, -0.1) is 5.10 Å². The van der Waals surface area contributed by atoms with E-state index in [1.54, 1.807) is 0 Å². The average Bonchev–Trinajstić information content (AvgIpc) is 2.68. The van der Waals surface area contributed by atoms with E-state index in [1.165, 1.54) is 19.3 Å². The topological polar surface area (TPSA) is 43.6 Å². The van der Waals surface area contributed by atoms with Gasteiger partial charge in [-0.1, -0.05) is 0 Å². The van der Waals surface area contributed by atoms with Gasteiger partial charge in [0.1, 0.15) is 17.9 Å². The Bertz CT molecular complexity index is 605. The molecule has 0 aromatic carbocycles. The van der Waals surface area contributed by atoms with Gasteiger partial charge in [0.2, 0.25) is 5.82 Å². The number of aromatic nitrogens is 4. The molecule has 0 aliphatic carbocycles. The molecule has 0 bridgehead atoms. The van der Waals surface area contributed by atoms with Crippen molar-refractivity contribution in [1.29, 1.82) is 0 Å². The minimum absolute atomic E-state index is 0.216. The van der Waals surface area contributed by atoms with Crippen molar-refractivity contribution in [2.75, 3.05) is 0 Å². The fraction of sp³-hybridized carbons (Fsp3) is 0.364. The molecule has 0 amide bonds. The van der Waals surface area contributed by atoms with E-state index in [4.69, 9.17) is 0 Å². The zero-order valence-corrected chi connectivity index (χ0v) is 10.2. The van der Waals surface area contributed by atoms with Crippen LogP contribution < -0.4 is 0 Å². The van der Waals surface area contributed by atoms with Gasteiger partial charge in [-0.25, -0.2) is 13.8 Å². The second-order valence-electron chi connectivity index (χ2n) is 4.01. The molecule has 0 saturated heterocycles. The second kappa shape index (κ2) is 5.14. The van der Waals surface area contributed by atoms with Gasteiger partial charge in [-0.3, -0.25) is 9.67 Å². The number of hydrogen-bond acceptors (Lipinski definition) is 3. The molecule has 0 saturated carbocycles. The summed E-state index contributed by atoms with van der Waals surface area (Å²) in [6.45, 7) is 0. The molecule has 20 heavy (non-hydrogen) atoms. The Hall–Kier alpha value is -2.06. The Kier molecular flexibility index (Phi) is 3.69. The summed E-state index contributed by atoms with van der Waals surface area (Å²) in [5.41, 5.74) is -0.636. The fourth-order valence-electron chi connectivity index (χ4n) is 1.63. The highest BCUT2D eigenvalue weighted by Crippen LogP contribution is 2.28. The lowest BCUT2D eigenvalue weighted by Gasteiger charge is -2.04. The standard InChI is InChI=1S/C11H9F5N4/c1-20-7(5-11(14,15)16)18-10(19-20)8-6(9(12)13)3-2-4-17-8/h2-4,9H,5H2,1H3. The first-order chi connectivity index (χ1) is 9.28. The van der Waals surface area contributed by atoms with E-state index >= 15 is 0 Å². The molecule has 2 rings (SSSR count). The second-order valence-corrected chi connectivity index (χ2v) is 4.01. The van der Waals surface area contributed by atoms with Crippen molar-refractivity contribution in [1.82, 2.24) is 19.7 Å². The largest absolute Gasteiger partial charge is 0.396 e. The van der Waals surface area contributed by atoms with Gasteiger partial charge in [-0.05, 0) is 12.1 Å². The maximum absolute atomic E-state index is 12.8. The van der Waals surface area contributed by atoms with E-state index in [2.05, 4.69) is 15.1 Å². The molecule has 2 aromatic heterocycles. The Labute approximate surface area is 110 Å². The third-order valence-electron chi connectivity index (χ3n) is 2.50. The minimum atomic E-state index is -4.45. The zero-order chi connectivity index (χ0) is 14.9. The van der Waals surface area contributed by atoms with Crippen molar-refractivity contribution in [2.45, 2.75) is 19.0 Å². The summed E-state index contributed by atoms with van der Waals surface area (Å²) in [5, 5.41) is 3.72. The molecule has 108 valence electrons. The Balaban J connectivity index is 2.43. The zero-order valence-electron chi connectivity index (χ0n) is 10.2. The molecule has 0 atom stereocenters. The van der Waals surface area contributed by atoms with E-state index in [0.717, 1.165) is 10.7 Å². The third kappa shape index (κ3) is 3.09. The highest BCUT2D eigenvalue weighted by Gasteiger charge is 2.31. The summed E-state index contributed by atoms with van der Waals surface area (Å²) < 4.78 is 63.5. The fourth-order valence-corrected chi connectivity index (χ4v) is 1.63. The van der Waals surface area contributed by atoms with Crippen LogP contribution in [-0.2, 0) is 13.5 Å². The van der Waals surface area contributed by atoms with Gasteiger partial charge in [0.15, 0.2) is 0 Å². The van der Waals surface area contributed by atoms with Gasteiger partial charge in [-0.2, -0.15) is 13.2 Å². The van der Waals surface area contributed by atoms with E-state index in [9.17, 15) is 22.0 Å². The lowest BCUT2D eigenvalue weighted by molar-refractivity contribution is -0.129. The summed E-state index contributed by atoms with van der Waals surface area (Å²) in [5.74, 6) is -0.610. The average molecular weight is 292 g/mol. The molecule has 0 unspecified atom stereocenters. The maximum atomic E-state index is 12.8. The van der Waals surface area contributed by atoms with E-state index in [1.807, 2.05) is 0 Å². The Morgan fingerprint density at radius 1 is 1.30 bits per heavy atom. The number of rotatable bonds is 3. The minimum Gasteiger partial charge on any atom is -0.252 e. The predicted octanol–water partition coefficient (Wildman–Crippen LogP) is 2.92. The van der Waals surface area contributed by atoms with Crippen LogP contribution in [0.2, 0.25) is 0 Å². The summed E-state index contributed by atoms with van der Waals surface area (Å²) in [7, 11) is 1.27. The molecule has 0 fully saturated rings.